The van der Waals surface area contributed by atoms with Crippen LogP contribution in [-0.2, 0) is 14.6 Å². The molecule has 134 valence electrons. The fourth-order valence-corrected chi connectivity index (χ4v) is 5.05. The Bertz CT molecular complexity index is 956. The van der Waals surface area contributed by atoms with Crippen LogP contribution >= 0.6 is 22.9 Å². The highest BCUT2D eigenvalue weighted by Crippen LogP contribution is 2.36. The van der Waals surface area contributed by atoms with Gasteiger partial charge in [0.1, 0.15) is 21.1 Å². The van der Waals surface area contributed by atoms with E-state index in [4.69, 9.17) is 17.3 Å². The molecule has 1 heterocycles. The van der Waals surface area contributed by atoms with Crippen LogP contribution in [0.1, 0.15) is 17.3 Å². The third-order valence-corrected chi connectivity index (χ3v) is 6.80. The van der Waals surface area contributed by atoms with E-state index >= 15 is 0 Å². The first-order valence-electron chi connectivity index (χ1n) is 6.66. The number of amides is 2. The van der Waals surface area contributed by atoms with Crippen LogP contribution in [0.5, 0.6) is 0 Å². The molecule has 0 aliphatic carbocycles. The minimum atomic E-state index is -4.26. The lowest BCUT2D eigenvalue weighted by molar-refractivity contribution is -0.123. The molecule has 1 aromatic heterocycles. The molecule has 4 N–H and O–H groups in total. The van der Waals surface area contributed by atoms with Gasteiger partial charge in [0.05, 0.1) is 15.5 Å². The van der Waals surface area contributed by atoms with Crippen molar-refractivity contribution in [1.82, 2.24) is 0 Å². The predicted octanol–water partition coefficient (Wildman–Crippen LogP) is 1.79. The minimum Gasteiger partial charge on any atom is -0.384 e. The number of carbonyl (C=O) groups is 2. The summed E-state index contributed by atoms with van der Waals surface area (Å²) >= 11 is 6.37. The van der Waals surface area contributed by atoms with Gasteiger partial charge in [0.2, 0.25) is 9.84 Å². The third-order valence-electron chi connectivity index (χ3n) is 3.04. The molecule has 2 amide bonds. The largest absolute Gasteiger partial charge is 0.384 e. The highest BCUT2D eigenvalue weighted by Gasteiger charge is 2.28. The molecule has 0 aliphatic heterocycles. The number of carbonyl (C=O) groups excluding carboxylic acids is 2. The molecule has 1 atom stereocenters. The van der Waals surface area contributed by atoms with E-state index in [0.29, 0.717) is 11.3 Å². The number of halogens is 2. The Morgan fingerprint density at radius 1 is 1.36 bits per heavy atom. The molecule has 0 bridgehead atoms. The Kier molecular flexibility index (Phi) is 5.47. The molecular weight excluding hydrogens is 395 g/mol. The van der Waals surface area contributed by atoms with E-state index < -0.39 is 38.5 Å². The van der Waals surface area contributed by atoms with Gasteiger partial charge in [-0.05, 0) is 31.2 Å². The van der Waals surface area contributed by atoms with Gasteiger partial charge in [-0.25, -0.2) is 12.8 Å². The maximum absolute atomic E-state index is 13.4. The van der Waals surface area contributed by atoms with E-state index in [1.165, 1.54) is 6.92 Å². The van der Waals surface area contributed by atoms with Gasteiger partial charge in [-0.2, -0.15) is 0 Å². The molecule has 1 aromatic carbocycles. The van der Waals surface area contributed by atoms with Gasteiger partial charge in [-0.15, -0.1) is 11.3 Å². The van der Waals surface area contributed by atoms with Crippen molar-refractivity contribution < 1.29 is 27.5 Å². The van der Waals surface area contributed by atoms with E-state index in [0.717, 1.165) is 24.3 Å². The first-order valence-corrected chi connectivity index (χ1v) is 9.34. The molecule has 2 aromatic rings. The second-order valence-electron chi connectivity index (χ2n) is 4.92. The fourth-order valence-electron chi connectivity index (χ4n) is 1.78. The molecule has 7 nitrogen and oxygen atoms in total. The Morgan fingerprint density at radius 2 is 2.00 bits per heavy atom. The van der Waals surface area contributed by atoms with Crippen molar-refractivity contribution >= 4 is 49.6 Å². The van der Waals surface area contributed by atoms with E-state index in [2.05, 4.69) is 5.32 Å². The fraction of sp³-hybridized carbons (Fsp3) is 0.143. The van der Waals surface area contributed by atoms with Crippen LogP contribution in [0.3, 0.4) is 0 Å². The normalized spacial score (nSPS) is 12.6. The lowest BCUT2D eigenvalue weighted by atomic mass is 10.3. The molecule has 0 saturated heterocycles. The molecule has 0 aliphatic rings. The third kappa shape index (κ3) is 3.98. The van der Waals surface area contributed by atoms with E-state index in [-0.39, 0.29) is 19.8 Å². The molecule has 1 unspecified atom stereocenters. The molecule has 25 heavy (non-hydrogen) atoms. The number of nitrogens with one attached hydrogen (secondary N) is 1. The van der Waals surface area contributed by atoms with Crippen LogP contribution in [-0.4, -0.2) is 31.4 Å². The van der Waals surface area contributed by atoms with Gasteiger partial charge in [0, 0.05) is 0 Å². The van der Waals surface area contributed by atoms with Crippen LogP contribution in [0.4, 0.5) is 9.39 Å². The first kappa shape index (κ1) is 19.3. The van der Waals surface area contributed by atoms with Crippen molar-refractivity contribution in [3.05, 3.63) is 40.7 Å². The van der Waals surface area contributed by atoms with Crippen LogP contribution in [0.2, 0.25) is 5.02 Å². The van der Waals surface area contributed by atoms with Gasteiger partial charge >= 0.3 is 0 Å². The van der Waals surface area contributed by atoms with Gasteiger partial charge in [-0.1, -0.05) is 11.6 Å². The summed E-state index contributed by atoms with van der Waals surface area (Å²) in [5, 5.41) is 11.1. The lowest BCUT2D eigenvalue weighted by Crippen LogP contribution is -2.25. The van der Waals surface area contributed by atoms with Gasteiger partial charge < -0.3 is 16.2 Å². The molecule has 2 rings (SSSR count). The Morgan fingerprint density at radius 3 is 2.56 bits per heavy atom. The zero-order valence-corrected chi connectivity index (χ0v) is 15.0. The lowest BCUT2D eigenvalue weighted by Gasteiger charge is -2.06. The Labute approximate surface area is 151 Å². The summed E-state index contributed by atoms with van der Waals surface area (Å²) in [4.78, 5) is 22.6. The number of rotatable bonds is 5. The number of hydrogen-bond acceptors (Lipinski definition) is 6. The summed E-state index contributed by atoms with van der Waals surface area (Å²) in [7, 11) is -4.26. The number of nitrogens with two attached hydrogens (primary N) is 1. The summed E-state index contributed by atoms with van der Waals surface area (Å²) in [5.41, 5.74) is 4.93. The standard InChI is InChI=1S/C14H12ClFN2O5S2/c1-6(19)13(21)18-14-8(12(17)20)5-11(24-14)25(22,23)10-4-7(16)2-3-9(10)15/h2-6,19H,1H3,(H2,17,20)(H,18,21). The van der Waals surface area contributed by atoms with Gasteiger partial charge in [-0.3, -0.25) is 9.59 Å². The number of aliphatic hydroxyl groups excluding tert-OH is 1. The minimum absolute atomic E-state index is 0.149. The molecule has 0 spiro atoms. The van der Waals surface area contributed by atoms with Crippen LogP contribution in [0.25, 0.3) is 0 Å². The molecule has 11 heteroatoms. The monoisotopic (exact) mass is 406 g/mol. The number of sulfone groups is 1. The Hall–Kier alpha value is -2.01. The van der Waals surface area contributed by atoms with Crippen molar-refractivity contribution in [2.45, 2.75) is 22.1 Å². The van der Waals surface area contributed by atoms with E-state index in [1.54, 1.807) is 0 Å². The average molecular weight is 407 g/mol. The highest BCUT2D eigenvalue weighted by atomic mass is 35.5. The number of anilines is 1. The predicted molar refractivity (Wildman–Crippen MR) is 90.0 cm³/mol. The van der Waals surface area contributed by atoms with Crippen LogP contribution in [0, 0.1) is 5.82 Å². The second-order valence-corrected chi connectivity index (χ2v) is 8.52. The van der Waals surface area contributed by atoms with Gasteiger partial charge in [0.25, 0.3) is 11.8 Å². The molecular formula is C14H12ClFN2O5S2. The van der Waals surface area contributed by atoms with Crippen molar-refractivity contribution in [3.8, 4) is 0 Å². The number of hydrogen-bond donors (Lipinski definition) is 3. The van der Waals surface area contributed by atoms with Crippen LogP contribution < -0.4 is 11.1 Å². The molecule has 0 saturated carbocycles. The molecule has 0 radical (unpaired) electrons. The zero-order chi connectivity index (χ0) is 18.9. The van der Waals surface area contributed by atoms with Gasteiger partial charge in [0.15, 0.2) is 0 Å². The van der Waals surface area contributed by atoms with Crippen molar-refractivity contribution in [2.75, 3.05) is 5.32 Å². The summed E-state index contributed by atoms with van der Waals surface area (Å²) in [6.07, 6.45) is -1.39. The summed E-state index contributed by atoms with van der Waals surface area (Å²) in [6, 6.07) is 3.79. The summed E-state index contributed by atoms with van der Waals surface area (Å²) in [6.45, 7) is 1.19. The smallest absolute Gasteiger partial charge is 0.253 e. The number of thiophene rings is 1. The number of benzene rings is 1. The average Bonchev–Trinajstić information content (AvgIpc) is 2.94. The Balaban J connectivity index is 2.57. The highest BCUT2D eigenvalue weighted by molar-refractivity contribution is 7.93. The van der Waals surface area contributed by atoms with E-state index in [1.807, 2.05) is 0 Å². The van der Waals surface area contributed by atoms with Crippen molar-refractivity contribution in [3.63, 3.8) is 0 Å². The maximum atomic E-state index is 13.4. The van der Waals surface area contributed by atoms with E-state index in [9.17, 15) is 27.5 Å². The second kappa shape index (κ2) is 7.08. The number of aliphatic hydroxyl groups is 1. The maximum Gasteiger partial charge on any atom is 0.253 e. The quantitative estimate of drug-likeness (QED) is 0.697. The summed E-state index contributed by atoms with van der Waals surface area (Å²) < 4.78 is 38.3. The van der Waals surface area contributed by atoms with Crippen molar-refractivity contribution in [2.24, 2.45) is 5.73 Å². The van der Waals surface area contributed by atoms with Crippen molar-refractivity contribution in [1.29, 1.82) is 0 Å². The molecule has 0 fully saturated rings. The topological polar surface area (TPSA) is 127 Å². The first-order chi connectivity index (χ1) is 11.5. The number of primary amides is 1. The summed E-state index contributed by atoms with van der Waals surface area (Å²) in [5.74, 6) is -2.64. The SMILES string of the molecule is CC(O)C(=O)Nc1sc(S(=O)(=O)c2cc(F)ccc2Cl)cc1C(N)=O. The zero-order valence-electron chi connectivity index (χ0n) is 12.6. The van der Waals surface area contributed by atoms with Crippen LogP contribution in [0.15, 0.2) is 33.4 Å².